The predicted octanol–water partition coefficient (Wildman–Crippen LogP) is 0.938. The van der Waals surface area contributed by atoms with E-state index in [4.69, 9.17) is 0 Å². The molecule has 0 aliphatic carbocycles. The fourth-order valence-electron chi connectivity index (χ4n) is 1.32. The van der Waals surface area contributed by atoms with E-state index in [0.717, 1.165) is 35.6 Å². The highest BCUT2D eigenvalue weighted by atomic mass is 32.1. The standard InChI is InChI=1S/C9H14N6S/c1-6-11-9(16-14-6)10-5-4-8-13-12-7(2)15(8)3/h4-5H2,1-3H3,(H,10,11,14). The molecule has 0 fully saturated rings. The van der Waals surface area contributed by atoms with Gasteiger partial charge in [0.2, 0.25) is 5.13 Å². The molecular formula is C9H14N6S. The van der Waals surface area contributed by atoms with Crippen molar-refractivity contribution in [1.82, 2.24) is 24.1 Å². The number of hydrogen-bond donors (Lipinski definition) is 1. The summed E-state index contributed by atoms with van der Waals surface area (Å²) < 4.78 is 6.09. The first-order valence-electron chi connectivity index (χ1n) is 5.06. The lowest BCUT2D eigenvalue weighted by Crippen LogP contribution is -2.09. The Morgan fingerprint density at radius 3 is 2.69 bits per heavy atom. The van der Waals surface area contributed by atoms with Crippen LogP contribution in [-0.2, 0) is 13.5 Å². The van der Waals surface area contributed by atoms with E-state index in [2.05, 4.69) is 24.9 Å². The molecule has 6 nitrogen and oxygen atoms in total. The van der Waals surface area contributed by atoms with Crippen LogP contribution >= 0.6 is 11.5 Å². The van der Waals surface area contributed by atoms with Crippen molar-refractivity contribution in [2.75, 3.05) is 11.9 Å². The highest BCUT2D eigenvalue weighted by molar-refractivity contribution is 7.09. The molecule has 0 spiro atoms. The van der Waals surface area contributed by atoms with Crippen LogP contribution in [0.4, 0.5) is 5.13 Å². The van der Waals surface area contributed by atoms with Gasteiger partial charge in [-0.2, -0.15) is 4.37 Å². The van der Waals surface area contributed by atoms with Gasteiger partial charge in [0.25, 0.3) is 0 Å². The van der Waals surface area contributed by atoms with Crippen molar-refractivity contribution in [2.24, 2.45) is 7.05 Å². The lowest BCUT2D eigenvalue weighted by Gasteiger charge is -2.02. The van der Waals surface area contributed by atoms with Gasteiger partial charge < -0.3 is 9.88 Å². The van der Waals surface area contributed by atoms with E-state index in [9.17, 15) is 0 Å². The zero-order valence-corrected chi connectivity index (χ0v) is 10.4. The van der Waals surface area contributed by atoms with Gasteiger partial charge in [-0.1, -0.05) is 0 Å². The normalized spacial score (nSPS) is 10.7. The molecule has 0 bridgehead atoms. The van der Waals surface area contributed by atoms with Crippen LogP contribution in [0.15, 0.2) is 0 Å². The first-order valence-corrected chi connectivity index (χ1v) is 5.83. The molecule has 0 aliphatic heterocycles. The Bertz CT molecular complexity index is 474. The number of nitrogens with zero attached hydrogens (tertiary/aromatic N) is 5. The molecule has 0 aromatic carbocycles. The molecule has 0 radical (unpaired) electrons. The van der Waals surface area contributed by atoms with Gasteiger partial charge in [0, 0.05) is 31.5 Å². The monoisotopic (exact) mass is 238 g/mol. The van der Waals surface area contributed by atoms with Crippen molar-refractivity contribution in [3.05, 3.63) is 17.5 Å². The summed E-state index contributed by atoms with van der Waals surface area (Å²) in [5.41, 5.74) is 0. The van der Waals surface area contributed by atoms with E-state index >= 15 is 0 Å². The quantitative estimate of drug-likeness (QED) is 0.858. The summed E-state index contributed by atoms with van der Waals surface area (Å²) in [5, 5.41) is 12.2. The molecule has 0 atom stereocenters. The summed E-state index contributed by atoms with van der Waals surface area (Å²) in [4.78, 5) is 4.22. The first-order chi connectivity index (χ1) is 7.66. The van der Waals surface area contributed by atoms with Crippen LogP contribution in [0.2, 0.25) is 0 Å². The van der Waals surface area contributed by atoms with Crippen molar-refractivity contribution < 1.29 is 0 Å². The predicted molar refractivity (Wildman–Crippen MR) is 62.6 cm³/mol. The van der Waals surface area contributed by atoms with Crippen molar-refractivity contribution in [2.45, 2.75) is 20.3 Å². The Kier molecular flexibility index (Phi) is 3.14. The van der Waals surface area contributed by atoms with Gasteiger partial charge in [-0.3, -0.25) is 0 Å². The van der Waals surface area contributed by atoms with Gasteiger partial charge in [0.15, 0.2) is 0 Å². The summed E-state index contributed by atoms with van der Waals surface area (Å²) in [6.45, 7) is 4.62. The van der Waals surface area contributed by atoms with Gasteiger partial charge >= 0.3 is 0 Å². The second kappa shape index (κ2) is 4.56. The van der Waals surface area contributed by atoms with Gasteiger partial charge in [-0.05, 0) is 13.8 Å². The Labute approximate surface area is 97.9 Å². The zero-order valence-electron chi connectivity index (χ0n) is 9.56. The second-order valence-electron chi connectivity index (χ2n) is 3.55. The van der Waals surface area contributed by atoms with Gasteiger partial charge in [0.1, 0.15) is 17.5 Å². The molecule has 1 N–H and O–H groups in total. The van der Waals surface area contributed by atoms with E-state index in [1.54, 1.807) is 0 Å². The maximum atomic E-state index is 4.22. The Hall–Kier alpha value is -1.50. The Morgan fingerprint density at radius 2 is 2.12 bits per heavy atom. The van der Waals surface area contributed by atoms with Crippen molar-refractivity contribution in [3.8, 4) is 0 Å². The third-order valence-corrected chi connectivity index (χ3v) is 3.10. The van der Waals surface area contributed by atoms with E-state index in [1.807, 2.05) is 25.5 Å². The maximum absolute atomic E-state index is 4.22. The van der Waals surface area contributed by atoms with Crippen LogP contribution in [0.25, 0.3) is 0 Å². The highest BCUT2D eigenvalue weighted by Gasteiger charge is 2.05. The van der Waals surface area contributed by atoms with Crippen molar-refractivity contribution in [3.63, 3.8) is 0 Å². The van der Waals surface area contributed by atoms with Crippen molar-refractivity contribution in [1.29, 1.82) is 0 Å². The zero-order chi connectivity index (χ0) is 11.5. The topological polar surface area (TPSA) is 68.5 Å². The average Bonchev–Trinajstić information content (AvgIpc) is 2.79. The molecule has 2 aromatic heterocycles. The third-order valence-electron chi connectivity index (χ3n) is 2.34. The van der Waals surface area contributed by atoms with Crippen LogP contribution in [0.1, 0.15) is 17.5 Å². The summed E-state index contributed by atoms with van der Waals surface area (Å²) in [7, 11) is 1.97. The molecule has 2 aromatic rings. The smallest absolute Gasteiger partial charge is 0.202 e. The molecule has 0 aliphatic rings. The minimum Gasteiger partial charge on any atom is -0.360 e. The molecular weight excluding hydrogens is 224 g/mol. The van der Waals surface area contributed by atoms with Gasteiger partial charge in [-0.25, -0.2) is 4.98 Å². The fraction of sp³-hybridized carbons (Fsp3) is 0.556. The molecule has 0 amide bonds. The van der Waals surface area contributed by atoms with Gasteiger partial charge in [0.05, 0.1) is 0 Å². The SMILES string of the molecule is Cc1nsc(NCCc2nnc(C)n2C)n1. The molecule has 16 heavy (non-hydrogen) atoms. The highest BCUT2D eigenvalue weighted by Crippen LogP contribution is 2.09. The number of aromatic nitrogens is 5. The maximum Gasteiger partial charge on any atom is 0.202 e. The minimum absolute atomic E-state index is 0.792. The largest absolute Gasteiger partial charge is 0.360 e. The summed E-state index contributed by atoms with van der Waals surface area (Å²) in [6.07, 6.45) is 0.829. The van der Waals surface area contributed by atoms with E-state index < -0.39 is 0 Å². The van der Waals surface area contributed by atoms with E-state index in [1.165, 1.54) is 11.5 Å². The van der Waals surface area contributed by atoms with Crippen molar-refractivity contribution >= 4 is 16.7 Å². The Morgan fingerprint density at radius 1 is 1.31 bits per heavy atom. The molecule has 86 valence electrons. The summed E-state index contributed by atoms with van der Waals surface area (Å²) in [6, 6.07) is 0. The van der Waals surface area contributed by atoms with E-state index in [0.29, 0.717) is 0 Å². The minimum atomic E-state index is 0.792. The fourth-order valence-corrected chi connectivity index (χ4v) is 1.92. The molecule has 0 unspecified atom stereocenters. The summed E-state index contributed by atoms with van der Waals surface area (Å²) in [5.74, 6) is 2.72. The second-order valence-corrected chi connectivity index (χ2v) is 4.30. The lowest BCUT2D eigenvalue weighted by atomic mass is 10.4. The molecule has 7 heteroatoms. The summed E-state index contributed by atoms with van der Waals surface area (Å²) >= 11 is 1.38. The average molecular weight is 238 g/mol. The van der Waals surface area contributed by atoms with E-state index in [-0.39, 0.29) is 0 Å². The van der Waals surface area contributed by atoms with Crippen LogP contribution in [0.3, 0.4) is 0 Å². The van der Waals surface area contributed by atoms with Crippen LogP contribution in [0, 0.1) is 13.8 Å². The first kappa shape index (κ1) is 11.0. The van der Waals surface area contributed by atoms with Crippen LogP contribution in [0.5, 0.6) is 0 Å². The molecule has 0 saturated heterocycles. The number of anilines is 1. The third kappa shape index (κ3) is 2.35. The van der Waals surface area contributed by atoms with Crippen LogP contribution in [-0.4, -0.2) is 30.7 Å². The number of aryl methyl sites for hydroxylation is 2. The number of rotatable bonds is 4. The molecule has 2 rings (SSSR count). The van der Waals surface area contributed by atoms with Crippen LogP contribution < -0.4 is 5.32 Å². The molecule has 0 saturated carbocycles. The number of hydrogen-bond acceptors (Lipinski definition) is 6. The van der Waals surface area contributed by atoms with Gasteiger partial charge in [-0.15, -0.1) is 10.2 Å². The Balaban J connectivity index is 1.86. The number of nitrogens with one attached hydrogen (secondary N) is 1. The lowest BCUT2D eigenvalue weighted by molar-refractivity contribution is 0.770. The molecule has 2 heterocycles.